The Morgan fingerprint density at radius 3 is 2.53 bits per heavy atom. The summed E-state index contributed by atoms with van der Waals surface area (Å²) in [5.74, 6) is -0.173. The van der Waals surface area contributed by atoms with Crippen LogP contribution in [0.5, 0.6) is 0 Å². The number of rotatable bonds is 6. The van der Waals surface area contributed by atoms with E-state index in [9.17, 15) is 22.5 Å². The van der Waals surface area contributed by atoms with Crippen molar-refractivity contribution in [2.45, 2.75) is 44.1 Å². The Labute approximate surface area is 206 Å². The molecule has 0 amide bonds. The first-order valence-electron chi connectivity index (χ1n) is 10.1. The Morgan fingerprint density at radius 2 is 1.94 bits per heavy atom. The standard InChI is InChI=1S/C22H18Cl2F3NO5S/c1-12-6-13(2-4-18(12)20(29)5-3-17-11-31-34(30)32-17)19-10-21(33-28-19,22(25,26)27)14-7-15(23)9-16(24)8-14/h2,4,6-9,17H,3,5,10-11H2,1H3. The van der Waals surface area contributed by atoms with Crippen LogP contribution in [0.25, 0.3) is 0 Å². The van der Waals surface area contributed by atoms with E-state index in [1.54, 1.807) is 19.1 Å². The third-order valence-corrected chi connectivity index (χ3v) is 6.83. The zero-order valence-corrected chi connectivity index (χ0v) is 20.0. The Bertz CT molecular complexity index is 1130. The van der Waals surface area contributed by atoms with Crippen LogP contribution in [-0.2, 0) is 30.5 Å². The first-order valence-corrected chi connectivity index (χ1v) is 11.9. The van der Waals surface area contributed by atoms with E-state index in [0.717, 1.165) is 12.1 Å². The first-order chi connectivity index (χ1) is 16.0. The second kappa shape index (κ2) is 9.67. The van der Waals surface area contributed by atoms with Gasteiger partial charge < -0.3 is 9.39 Å². The van der Waals surface area contributed by atoms with Gasteiger partial charge in [-0.3, -0.25) is 4.79 Å². The number of hydrogen-bond donors (Lipinski definition) is 0. The van der Waals surface area contributed by atoms with Crippen molar-refractivity contribution in [2.24, 2.45) is 5.16 Å². The molecule has 4 rings (SSSR count). The van der Waals surface area contributed by atoms with Gasteiger partial charge in [0.15, 0.2) is 5.78 Å². The molecule has 6 nitrogen and oxygen atoms in total. The molecule has 2 heterocycles. The Balaban J connectivity index is 1.52. The molecule has 0 bridgehead atoms. The highest BCUT2D eigenvalue weighted by atomic mass is 35.5. The summed E-state index contributed by atoms with van der Waals surface area (Å²) in [6.07, 6.45) is -5.34. The minimum absolute atomic E-state index is 0.0442. The predicted octanol–water partition coefficient (Wildman–Crippen LogP) is 5.84. The summed E-state index contributed by atoms with van der Waals surface area (Å²) in [5.41, 5.74) is -1.51. The lowest BCUT2D eigenvalue weighted by atomic mass is 9.86. The summed E-state index contributed by atoms with van der Waals surface area (Å²) in [6.45, 7) is 1.83. The molecule has 2 aromatic carbocycles. The molecule has 2 aliphatic heterocycles. The summed E-state index contributed by atoms with van der Waals surface area (Å²) in [4.78, 5) is 17.6. The Morgan fingerprint density at radius 1 is 1.24 bits per heavy atom. The number of hydrogen-bond acceptors (Lipinski definition) is 6. The summed E-state index contributed by atoms with van der Waals surface area (Å²) >= 11 is 10.1. The van der Waals surface area contributed by atoms with Crippen molar-refractivity contribution in [1.82, 2.24) is 0 Å². The topological polar surface area (TPSA) is 80.2 Å². The van der Waals surface area contributed by atoms with Gasteiger partial charge in [0.25, 0.3) is 17.3 Å². The number of benzene rings is 2. The number of Topliss-reactive ketones (excluding diaryl/α,β-unsaturated/α-hetero) is 1. The van der Waals surface area contributed by atoms with Crippen LogP contribution in [0, 0.1) is 6.92 Å². The van der Waals surface area contributed by atoms with Gasteiger partial charge in [-0.25, -0.2) is 0 Å². The van der Waals surface area contributed by atoms with E-state index in [-0.39, 0.29) is 40.1 Å². The second-order valence-corrected chi connectivity index (χ2v) is 9.70. The number of oxime groups is 1. The number of carbonyl (C=O) groups excluding carboxylic acids is 1. The Kier molecular flexibility index (Phi) is 7.19. The van der Waals surface area contributed by atoms with Crippen molar-refractivity contribution in [1.29, 1.82) is 0 Å². The van der Waals surface area contributed by atoms with Crippen LogP contribution < -0.4 is 0 Å². The highest BCUT2D eigenvalue weighted by molar-refractivity contribution is 7.82. The number of alkyl halides is 3. The highest BCUT2D eigenvalue weighted by Gasteiger charge is 2.62. The molecule has 1 fully saturated rings. The maximum absolute atomic E-state index is 14.2. The molecule has 182 valence electrons. The molecular weight excluding hydrogens is 518 g/mol. The molecule has 0 N–H and O–H groups in total. The van der Waals surface area contributed by atoms with E-state index in [1.807, 2.05) is 0 Å². The van der Waals surface area contributed by atoms with E-state index < -0.39 is 36.0 Å². The summed E-state index contributed by atoms with van der Waals surface area (Å²) in [5, 5.41) is 3.83. The quantitative estimate of drug-likeness (QED) is 0.342. The van der Waals surface area contributed by atoms with Gasteiger partial charge in [0.2, 0.25) is 0 Å². The fraction of sp³-hybridized carbons (Fsp3) is 0.364. The SMILES string of the molecule is Cc1cc(C2=NOC(c3cc(Cl)cc(Cl)c3)(C(F)(F)F)C2)ccc1C(=O)CCC1CO[S+]([O-])O1. The van der Waals surface area contributed by atoms with E-state index in [0.29, 0.717) is 23.1 Å². The van der Waals surface area contributed by atoms with Gasteiger partial charge in [-0.1, -0.05) is 40.5 Å². The van der Waals surface area contributed by atoms with Crippen LogP contribution in [0.2, 0.25) is 10.0 Å². The molecule has 2 aromatic rings. The van der Waals surface area contributed by atoms with E-state index in [4.69, 9.17) is 36.4 Å². The highest BCUT2D eigenvalue weighted by Crippen LogP contribution is 2.49. The molecule has 12 heteroatoms. The van der Waals surface area contributed by atoms with E-state index in [2.05, 4.69) is 5.16 Å². The fourth-order valence-corrected chi connectivity index (χ4v) is 5.08. The van der Waals surface area contributed by atoms with Crippen LogP contribution in [0.15, 0.2) is 41.6 Å². The lowest BCUT2D eigenvalue weighted by Crippen LogP contribution is -2.42. The van der Waals surface area contributed by atoms with Crippen molar-refractivity contribution in [3.63, 3.8) is 0 Å². The second-order valence-electron chi connectivity index (χ2n) is 7.99. The maximum Gasteiger partial charge on any atom is 0.435 e. The van der Waals surface area contributed by atoms with Crippen molar-refractivity contribution in [2.75, 3.05) is 6.61 Å². The van der Waals surface area contributed by atoms with Gasteiger partial charge in [0, 0.05) is 34.0 Å². The van der Waals surface area contributed by atoms with E-state index in [1.165, 1.54) is 12.1 Å². The molecule has 0 saturated carbocycles. The van der Waals surface area contributed by atoms with Crippen LogP contribution in [-0.4, -0.2) is 34.9 Å². The summed E-state index contributed by atoms with van der Waals surface area (Å²) < 4.78 is 63.4. The minimum Gasteiger partial charge on any atom is -0.553 e. The zero-order valence-electron chi connectivity index (χ0n) is 17.7. The zero-order chi connectivity index (χ0) is 24.7. The van der Waals surface area contributed by atoms with Gasteiger partial charge in [0.05, 0.1) is 5.71 Å². The van der Waals surface area contributed by atoms with Crippen LogP contribution >= 0.6 is 23.2 Å². The van der Waals surface area contributed by atoms with Gasteiger partial charge in [-0.2, -0.15) is 13.2 Å². The van der Waals surface area contributed by atoms with Gasteiger partial charge >= 0.3 is 6.18 Å². The van der Waals surface area contributed by atoms with Crippen LogP contribution in [0.4, 0.5) is 13.2 Å². The van der Waals surface area contributed by atoms with Crippen molar-refractivity contribution >= 4 is 46.4 Å². The average molecular weight is 536 g/mol. The van der Waals surface area contributed by atoms with Gasteiger partial charge in [-0.15, -0.1) is 8.37 Å². The fourth-order valence-electron chi connectivity index (χ4n) is 3.86. The number of carbonyl (C=O) groups is 1. The van der Waals surface area contributed by atoms with Gasteiger partial charge in [0.1, 0.15) is 12.7 Å². The lowest BCUT2D eigenvalue weighted by Gasteiger charge is -2.29. The average Bonchev–Trinajstić information content (AvgIpc) is 3.38. The Hall–Kier alpha value is -1.82. The number of aryl methyl sites for hydroxylation is 1. The van der Waals surface area contributed by atoms with E-state index >= 15 is 0 Å². The normalized spacial score (nSPS) is 24.7. The molecule has 34 heavy (non-hydrogen) atoms. The lowest BCUT2D eigenvalue weighted by molar-refractivity contribution is -0.275. The van der Waals surface area contributed by atoms with Crippen molar-refractivity contribution < 1.29 is 35.7 Å². The summed E-state index contributed by atoms with van der Waals surface area (Å²) in [6, 6.07) is 8.31. The number of halogens is 5. The first kappa shape index (κ1) is 25.3. The smallest absolute Gasteiger partial charge is 0.435 e. The van der Waals surface area contributed by atoms with Crippen LogP contribution in [0.3, 0.4) is 0 Å². The minimum atomic E-state index is -4.80. The predicted molar refractivity (Wildman–Crippen MR) is 120 cm³/mol. The molecule has 0 radical (unpaired) electrons. The third-order valence-electron chi connectivity index (χ3n) is 5.63. The molecule has 3 atom stereocenters. The van der Waals surface area contributed by atoms with Gasteiger partial charge in [-0.05, 0) is 48.7 Å². The molecule has 0 aliphatic carbocycles. The van der Waals surface area contributed by atoms with Crippen LogP contribution in [0.1, 0.15) is 46.3 Å². The number of nitrogens with zero attached hydrogens (tertiary/aromatic N) is 1. The molecular formula is C22H18Cl2F3NO5S. The monoisotopic (exact) mass is 535 g/mol. The van der Waals surface area contributed by atoms with Crippen molar-refractivity contribution in [3.8, 4) is 0 Å². The third kappa shape index (κ3) is 5.07. The molecule has 0 aromatic heterocycles. The number of ketones is 1. The van der Waals surface area contributed by atoms with Crippen molar-refractivity contribution in [3.05, 3.63) is 68.7 Å². The molecule has 2 aliphatic rings. The molecule has 0 spiro atoms. The molecule has 3 unspecified atom stereocenters. The largest absolute Gasteiger partial charge is 0.553 e. The maximum atomic E-state index is 14.2. The summed E-state index contributed by atoms with van der Waals surface area (Å²) in [7, 11) is 0. The molecule has 1 saturated heterocycles.